The van der Waals surface area contributed by atoms with Gasteiger partial charge in [-0.1, -0.05) is 195 Å². The molecule has 0 saturated heterocycles. The van der Waals surface area contributed by atoms with Crippen molar-refractivity contribution in [3.05, 3.63) is 389 Å². The molecule has 2 atom stereocenters. The molecule has 0 saturated carbocycles. The number of hydrogen-bond acceptors (Lipinski definition) is 3. The van der Waals surface area contributed by atoms with E-state index in [0.717, 1.165) is 57.6 Å². The molecule has 9 heteroatoms. The topological polar surface area (TPSA) is 21.7 Å². The molecule has 448 valence electrons. The average Bonchev–Trinajstić information content (AvgIpc) is 1.53. The van der Waals surface area contributed by atoms with E-state index in [-0.39, 0.29) is 0 Å². The quantitative estimate of drug-likeness (QED) is 0.0754. The third kappa shape index (κ3) is 9.62. The Kier molecular flexibility index (Phi) is 14.5. The fraction of sp³-hybridized carbons (Fsp3) is 0.0238. The normalized spacial score (nSPS) is 14.9. The van der Waals surface area contributed by atoms with Gasteiger partial charge in [0, 0.05) is 28.2 Å². The van der Waals surface area contributed by atoms with Crippen LogP contribution in [0.1, 0.15) is 55.6 Å². The maximum atomic E-state index is 17.4. The zero-order chi connectivity index (χ0) is 63.5. The van der Waals surface area contributed by atoms with Gasteiger partial charge in [-0.15, -0.1) is 0 Å². The van der Waals surface area contributed by atoms with E-state index in [0.29, 0.717) is 95.7 Å². The van der Waals surface area contributed by atoms with E-state index in [1.54, 1.807) is 72.8 Å². The Morgan fingerprint density at radius 3 is 1.08 bits per heavy atom. The van der Waals surface area contributed by atoms with Crippen LogP contribution in [0.3, 0.4) is 0 Å². The van der Waals surface area contributed by atoms with Gasteiger partial charge in [-0.3, -0.25) is 0 Å². The molecule has 13 aromatic rings. The number of halogens is 6. The molecule has 0 heterocycles. The third-order valence-electron chi connectivity index (χ3n) is 18.1. The van der Waals surface area contributed by atoms with Crippen molar-refractivity contribution >= 4 is 29.2 Å². The molecule has 0 aliphatic heterocycles. The second kappa shape index (κ2) is 23.3. The summed E-state index contributed by atoms with van der Waals surface area (Å²) in [4.78, 5) is 1.98. The molecule has 93 heavy (non-hydrogen) atoms. The largest absolute Gasteiger partial charge is 0.457 e. The molecule has 2 unspecified atom stereocenters. The summed E-state index contributed by atoms with van der Waals surface area (Å²) in [6.45, 7) is 7.70. The smallest absolute Gasteiger partial charge is 0.166 e. The summed E-state index contributed by atoms with van der Waals surface area (Å²) < 4.78 is 115. The van der Waals surface area contributed by atoms with Crippen molar-refractivity contribution < 1.29 is 35.8 Å². The highest BCUT2D eigenvalue weighted by molar-refractivity contribution is 5.93. The highest BCUT2D eigenvalue weighted by Gasteiger charge is 2.52. The number of rotatable bonds is 15. The molecule has 2 aliphatic rings. The number of hydrogen-bond donors (Lipinski definition) is 0. The van der Waals surface area contributed by atoms with E-state index in [1.165, 1.54) is 0 Å². The number of anilines is 3. The first kappa shape index (κ1) is 57.7. The number of ether oxygens (including phenoxy) is 2. The summed E-state index contributed by atoms with van der Waals surface area (Å²) in [5, 5.41) is 0. The van der Waals surface area contributed by atoms with Crippen LogP contribution < -0.4 is 14.4 Å². The Balaban J connectivity index is 0.959. The highest BCUT2D eigenvalue weighted by Crippen LogP contribution is 2.61. The fourth-order valence-electron chi connectivity index (χ4n) is 13.9. The van der Waals surface area contributed by atoms with Crippen LogP contribution >= 0.6 is 0 Å². The molecule has 0 fully saturated rings. The van der Waals surface area contributed by atoms with Crippen molar-refractivity contribution in [2.75, 3.05) is 4.90 Å². The van der Waals surface area contributed by atoms with Gasteiger partial charge in [0.1, 0.15) is 34.6 Å². The molecule has 3 nitrogen and oxygen atoms in total. The lowest BCUT2D eigenvalue weighted by molar-refractivity contribution is 0.463. The summed E-state index contributed by atoms with van der Waals surface area (Å²) in [6, 6.07) is 84.6. The van der Waals surface area contributed by atoms with Gasteiger partial charge in [-0.05, 0) is 204 Å². The standard InChI is InChI=1S/C84H53F6NO2/c1-3-52-21-35-63(36-22-52)92-65-39-27-58(28-40-65)83(79-75(85)45-47-77(87)81(79)89)71-19-10-8-17-67(71)69-43-33-61(50-73(69)83)91(60-31-25-55(26-32-60)57-16-12-15-56(49-57)54-13-6-5-7-14-54)62-34-44-70-68-18-9-11-20-72(68)84(74(70)51-62,80-76(86)46-48-78(88)82(80)90)59-29-41-66(42-30-59)93-64-37-23-53(4-2)24-38-64/h3-51H,1-2H2. The minimum atomic E-state index is -1.84. The van der Waals surface area contributed by atoms with Crippen LogP contribution in [0.15, 0.2) is 298 Å². The van der Waals surface area contributed by atoms with E-state index in [4.69, 9.17) is 9.47 Å². The summed E-state index contributed by atoms with van der Waals surface area (Å²) >= 11 is 0. The maximum absolute atomic E-state index is 17.4. The van der Waals surface area contributed by atoms with Crippen LogP contribution in [-0.4, -0.2) is 0 Å². The van der Waals surface area contributed by atoms with Gasteiger partial charge in [0.2, 0.25) is 0 Å². The Labute approximate surface area is 534 Å². The summed E-state index contributed by atoms with van der Waals surface area (Å²) in [7, 11) is 0. The summed E-state index contributed by atoms with van der Waals surface area (Å²) in [5.74, 6) is -5.15. The monoisotopic (exact) mass is 1220 g/mol. The molecule has 0 spiro atoms. The van der Waals surface area contributed by atoms with E-state index in [1.807, 2.05) is 181 Å². The van der Waals surface area contributed by atoms with Crippen molar-refractivity contribution in [1.82, 2.24) is 0 Å². The van der Waals surface area contributed by atoms with Crippen LogP contribution in [0.4, 0.5) is 43.4 Å². The first-order valence-electron chi connectivity index (χ1n) is 30.3. The second-order valence-corrected chi connectivity index (χ2v) is 23.1. The van der Waals surface area contributed by atoms with Gasteiger partial charge in [0.25, 0.3) is 0 Å². The van der Waals surface area contributed by atoms with Crippen molar-refractivity contribution in [1.29, 1.82) is 0 Å². The van der Waals surface area contributed by atoms with E-state index in [2.05, 4.69) is 37.4 Å². The minimum Gasteiger partial charge on any atom is -0.457 e. The average molecular weight is 1220 g/mol. The lowest BCUT2D eigenvalue weighted by atomic mass is 9.67. The fourth-order valence-corrected chi connectivity index (χ4v) is 13.9. The predicted molar refractivity (Wildman–Crippen MR) is 360 cm³/mol. The van der Waals surface area contributed by atoms with Crippen LogP contribution in [-0.2, 0) is 10.8 Å². The molecule has 0 radical (unpaired) electrons. The molecule has 15 rings (SSSR count). The Morgan fingerprint density at radius 1 is 0.290 bits per heavy atom. The molecular formula is C84H53F6NO2. The van der Waals surface area contributed by atoms with Crippen molar-refractivity contribution in [3.8, 4) is 67.5 Å². The van der Waals surface area contributed by atoms with E-state index in [9.17, 15) is 0 Å². The maximum Gasteiger partial charge on any atom is 0.166 e. The molecule has 0 aromatic heterocycles. The number of benzene rings is 13. The molecule has 13 aromatic carbocycles. The lowest BCUT2D eigenvalue weighted by Crippen LogP contribution is -2.32. The van der Waals surface area contributed by atoms with Crippen molar-refractivity contribution in [2.24, 2.45) is 0 Å². The van der Waals surface area contributed by atoms with Crippen molar-refractivity contribution in [2.45, 2.75) is 10.8 Å². The number of fused-ring (bicyclic) bond motifs is 6. The Hall–Kier alpha value is -11.7. The Morgan fingerprint density at radius 2 is 0.645 bits per heavy atom. The molecule has 0 N–H and O–H groups in total. The van der Waals surface area contributed by atoms with E-state index < -0.39 is 56.9 Å². The first-order valence-corrected chi connectivity index (χ1v) is 30.3. The van der Waals surface area contributed by atoms with Gasteiger partial charge >= 0.3 is 0 Å². The molecule has 0 bridgehead atoms. The summed E-state index contributed by atoms with van der Waals surface area (Å²) in [6.07, 6.45) is 3.46. The van der Waals surface area contributed by atoms with Gasteiger partial charge in [-0.25, -0.2) is 26.3 Å². The van der Waals surface area contributed by atoms with Crippen LogP contribution in [0.5, 0.6) is 23.0 Å². The highest BCUT2D eigenvalue weighted by atomic mass is 19.2. The van der Waals surface area contributed by atoms with Crippen molar-refractivity contribution in [3.63, 3.8) is 0 Å². The van der Waals surface area contributed by atoms with Gasteiger partial charge in [0.05, 0.1) is 10.8 Å². The predicted octanol–water partition coefficient (Wildman–Crippen LogP) is 22.9. The SMILES string of the molecule is C=Cc1ccc(Oc2ccc(C3(c4c(F)ccc(F)c4F)c4ccccc4-c4ccc(N(c5ccc(-c6cccc(-c7ccccc7)c6)cc5)c5ccc6c(c5)C(c5ccc(Oc7ccc(C=C)cc7)cc5)(c5c(F)ccc(F)c5F)c5ccccc5-6)cc43)cc2)cc1. The van der Waals surface area contributed by atoms with Crippen LogP contribution in [0.2, 0.25) is 0 Å². The zero-order valence-corrected chi connectivity index (χ0v) is 49.7. The summed E-state index contributed by atoms with van der Waals surface area (Å²) in [5.41, 5.74) is 7.96. The zero-order valence-electron chi connectivity index (χ0n) is 49.7. The molecule has 0 amide bonds. The second-order valence-electron chi connectivity index (χ2n) is 23.1. The van der Waals surface area contributed by atoms with Gasteiger partial charge in [0.15, 0.2) is 23.3 Å². The number of nitrogens with zero attached hydrogens (tertiary/aromatic N) is 1. The van der Waals surface area contributed by atoms with Gasteiger partial charge in [-0.2, -0.15) is 0 Å². The molecule has 2 aliphatic carbocycles. The van der Waals surface area contributed by atoms with E-state index >= 15 is 26.3 Å². The van der Waals surface area contributed by atoms with Crippen LogP contribution in [0, 0.1) is 34.9 Å². The minimum absolute atomic E-state index is 0.415. The molecular weight excluding hydrogens is 1170 g/mol. The van der Waals surface area contributed by atoms with Crippen LogP contribution in [0.25, 0.3) is 56.7 Å². The lowest BCUT2D eigenvalue weighted by Gasteiger charge is -2.36. The third-order valence-corrected chi connectivity index (χ3v) is 18.1. The Bertz CT molecular complexity index is 4810. The first-order chi connectivity index (χ1) is 45.5. The van der Waals surface area contributed by atoms with Gasteiger partial charge < -0.3 is 14.4 Å².